The highest BCUT2D eigenvalue weighted by Crippen LogP contribution is 2.32. The molecule has 3 heteroatoms. The topological polar surface area (TPSA) is 18.5 Å². The molecule has 0 unspecified atom stereocenters. The first kappa shape index (κ1) is 15.0. The van der Waals surface area contributed by atoms with Gasteiger partial charge in [0.2, 0.25) is 0 Å². The van der Waals surface area contributed by atoms with Crippen LogP contribution in [0.2, 0.25) is 0 Å². The van der Waals surface area contributed by atoms with Crippen LogP contribution in [0.15, 0.2) is 60.7 Å². The lowest BCUT2D eigenvalue weighted by Gasteiger charge is -2.35. The van der Waals surface area contributed by atoms with E-state index in [2.05, 4.69) is 83.3 Å². The third kappa shape index (κ3) is 3.65. The second kappa shape index (κ2) is 7.38. The van der Waals surface area contributed by atoms with Crippen molar-refractivity contribution in [2.75, 3.05) is 17.6 Å². The number of alkyl halides is 1. The van der Waals surface area contributed by atoms with Gasteiger partial charge in [0.15, 0.2) is 0 Å². The molecule has 2 atom stereocenters. The van der Waals surface area contributed by atoms with Crippen molar-refractivity contribution in [1.29, 1.82) is 0 Å². The van der Waals surface area contributed by atoms with Crippen LogP contribution in [0.4, 0.5) is 0 Å². The van der Waals surface area contributed by atoms with Crippen molar-refractivity contribution >= 4 is 22.6 Å². The normalized spacial score (nSPS) is 22.4. The van der Waals surface area contributed by atoms with Crippen molar-refractivity contribution in [3.05, 3.63) is 71.8 Å². The molecule has 2 aromatic carbocycles. The molecule has 1 saturated heterocycles. The second-order valence-electron chi connectivity index (χ2n) is 5.29. The van der Waals surface area contributed by atoms with Gasteiger partial charge in [-0.2, -0.15) is 0 Å². The Bertz CT molecular complexity index is 504. The van der Waals surface area contributed by atoms with Gasteiger partial charge in [0.05, 0.1) is 25.4 Å². The van der Waals surface area contributed by atoms with Crippen molar-refractivity contribution in [2.45, 2.75) is 18.1 Å². The van der Waals surface area contributed by atoms with Crippen LogP contribution in [0.5, 0.6) is 0 Å². The lowest BCUT2D eigenvalue weighted by molar-refractivity contribution is -0.132. The first-order valence-electron chi connectivity index (χ1n) is 7.27. The Balaban J connectivity index is 1.93. The molecular formula is C18H19IO2. The molecule has 110 valence electrons. The van der Waals surface area contributed by atoms with Gasteiger partial charge >= 0.3 is 0 Å². The molecule has 0 N–H and O–H groups in total. The van der Waals surface area contributed by atoms with Crippen LogP contribution >= 0.6 is 22.6 Å². The molecule has 0 amide bonds. The van der Waals surface area contributed by atoms with Crippen molar-refractivity contribution in [1.82, 2.24) is 0 Å². The number of halogens is 1. The van der Waals surface area contributed by atoms with Crippen molar-refractivity contribution < 1.29 is 9.47 Å². The Kier molecular flexibility index (Phi) is 5.27. The number of benzene rings is 2. The van der Waals surface area contributed by atoms with Crippen molar-refractivity contribution in [2.24, 2.45) is 0 Å². The van der Waals surface area contributed by atoms with Gasteiger partial charge < -0.3 is 9.47 Å². The highest BCUT2D eigenvalue weighted by atomic mass is 127. The first-order valence-corrected chi connectivity index (χ1v) is 8.80. The maximum atomic E-state index is 6.27. The van der Waals surface area contributed by atoms with E-state index in [0.717, 1.165) is 4.43 Å². The van der Waals surface area contributed by atoms with Crippen LogP contribution in [0.3, 0.4) is 0 Å². The fourth-order valence-electron chi connectivity index (χ4n) is 2.84. The summed E-state index contributed by atoms with van der Waals surface area (Å²) in [4.78, 5) is 0. The quantitative estimate of drug-likeness (QED) is 0.576. The molecule has 2 nitrogen and oxygen atoms in total. The van der Waals surface area contributed by atoms with E-state index in [1.807, 2.05) is 0 Å². The summed E-state index contributed by atoms with van der Waals surface area (Å²) in [7, 11) is 0. The Labute approximate surface area is 139 Å². The minimum atomic E-state index is 0.0725. The standard InChI is InChI=1S/C18H19IO2/c19-11-16-12-20-13-17(21-16)18(14-7-3-1-4-8-14)15-9-5-2-6-10-15/h1-10,16-18H,11-13H2/t16-,17-/m1/s1. The predicted octanol–water partition coefficient (Wildman–Crippen LogP) is 4.04. The summed E-state index contributed by atoms with van der Waals surface area (Å²) in [6.07, 6.45) is 0.266. The Morgan fingerprint density at radius 1 is 0.905 bits per heavy atom. The zero-order chi connectivity index (χ0) is 14.5. The van der Waals surface area contributed by atoms with Crippen LogP contribution in [0.1, 0.15) is 17.0 Å². The summed E-state index contributed by atoms with van der Waals surface area (Å²) in [6.45, 7) is 1.36. The molecule has 0 aliphatic carbocycles. The minimum Gasteiger partial charge on any atom is -0.376 e. The van der Waals surface area contributed by atoms with E-state index in [-0.39, 0.29) is 18.1 Å². The van der Waals surface area contributed by atoms with Gasteiger partial charge in [-0.15, -0.1) is 0 Å². The Hall–Kier alpha value is -0.910. The summed E-state index contributed by atoms with van der Waals surface area (Å²) in [5, 5.41) is 0. The third-order valence-electron chi connectivity index (χ3n) is 3.81. The molecule has 1 aliphatic heterocycles. The van der Waals surface area contributed by atoms with Crippen LogP contribution in [0, 0.1) is 0 Å². The van der Waals surface area contributed by atoms with E-state index in [0.29, 0.717) is 13.2 Å². The molecular weight excluding hydrogens is 375 g/mol. The molecule has 1 fully saturated rings. The minimum absolute atomic E-state index is 0.0725. The molecule has 1 heterocycles. The number of ether oxygens (including phenoxy) is 2. The van der Waals surface area contributed by atoms with E-state index in [1.165, 1.54) is 11.1 Å². The SMILES string of the molecule is IC[C@@H]1COC[C@H](C(c2ccccc2)c2ccccc2)O1. The van der Waals surface area contributed by atoms with Crippen molar-refractivity contribution in [3.63, 3.8) is 0 Å². The molecule has 0 bridgehead atoms. The fourth-order valence-corrected chi connectivity index (χ4v) is 3.30. The zero-order valence-electron chi connectivity index (χ0n) is 11.8. The largest absolute Gasteiger partial charge is 0.376 e. The van der Waals surface area contributed by atoms with Crippen LogP contribution in [-0.2, 0) is 9.47 Å². The van der Waals surface area contributed by atoms with Gasteiger partial charge in [-0.3, -0.25) is 0 Å². The van der Waals surface area contributed by atoms with Crippen LogP contribution < -0.4 is 0 Å². The fraction of sp³-hybridized carbons (Fsp3) is 0.333. The highest BCUT2D eigenvalue weighted by Gasteiger charge is 2.31. The maximum Gasteiger partial charge on any atom is 0.0922 e. The molecule has 0 saturated carbocycles. The predicted molar refractivity (Wildman–Crippen MR) is 93.1 cm³/mol. The summed E-state index contributed by atoms with van der Waals surface area (Å²) in [5.41, 5.74) is 2.57. The lowest BCUT2D eigenvalue weighted by Crippen LogP contribution is -2.40. The molecule has 1 aliphatic rings. The van der Waals surface area contributed by atoms with Crippen molar-refractivity contribution in [3.8, 4) is 0 Å². The molecule has 0 aromatic heterocycles. The summed E-state index contributed by atoms with van der Waals surface area (Å²) in [6, 6.07) is 21.2. The maximum absolute atomic E-state index is 6.27. The highest BCUT2D eigenvalue weighted by molar-refractivity contribution is 14.1. The third-order valence-corrected chi connectivity index (χ3v) is 4.80. The zero-order valence-corrected chi connectivity index (χ0v) is 14.0. The van der Waals surface area contributed by atoms with E-state index in [4.69, 9.17) is 9.47 Å². The summed E-state index contributed by atoms with van der Waals surface area (Å²) >= 11 is 2.36. The molecule has 2 aromatic rings. The van der Waals surface area contributed by atoms with Crippen LogP contribution in [0.25, 0.3) is 0 Å². The Morgan fingerprint density at radius 2 is 1.48 bits per heavy atom. The molecule has 0 spiro atoms. The average Bonchev–Trinajstić information content (AvgIpc) is 2.57. The number of rotatable bonds is 4. The number of hydrogen-bond donors (Lipinski definition) is 0. The Morgan fingerprint density at radius 3 is 2.00 bits per heavy atom. The van der Waals surface area contributed by atoms with Gasteiger partial charge in [-0.1, -0.05) is 83.3 Å². The smallest absolute Gasteiger partial charge is 0.0922 e. The molecule has 0 radical (unpaired) electrons. The monoisotopic (exact) mass is 394 g/mol. The van der Waals surface area contributed by atoms with Gasteiger partial charge in [0.1, 0.15) is 0 Å². The van der Waals surface area contributed by atoms with E-state index in [1.54, 1.807) is 0 Å². The van der Waals surface area contributed by atoms with Crippen LogP contribution in [-0.4, -0.2) is 29.8 Å². The lowest BCUT2D eigenvalue weighted by atomic mass is 9.86. The van der Waals surface area contributed by atoms with Gasteiger partial charge in [-0.25, -0.2) is 0 Å². The van der Waals surface area contributed by atoms with E-state index >= 15 is 0 Å². The summed E-state index contributed by atoms with van der Waals surface area (Å²) < 4.78 is 13.0. The van der Waals surface area contributed by atoms with Gasteiger partial charge in [0, 0.05) is 10.3 Å². The molecule has 3 rings (SSSR count). The van der Waals surface area contributed by atoms with Gasteiger partial charge in [0.25, 0.3) is 0 Å². The number of hydrogen-bond acceptors (Lipinski definition) is 2. The average molecular weight is 394 g/mol. The van der Waals surface area contributed by atoms with E-state index < -0.39 is 0 Å². The second-order valence-corrected chi connectivity index (χ2v) is 6.17. The van der Waals surface area contributed by atoms with E-state index in [9.17, 15) is 0 Å². The molecule has 21 heavy (non-hydrogen) atoms. The first-order chi connectivity index (χ1) is 10.4. The summed E-state index contributed by atoms with van der Waals surface area (Å²) in [5.74, 6) is 0.221. The van der Waals surface area contributed by atoms with Gasteiger partial charge in [-0.05, 0) is 11.1 Å².